The van der Waals surface area contributed by atoms with E-state index in [2.05, 4.69) is 9.97 Å². The lowest BCUT2D eigenvalue weighted by Gasteiger charge is -2.10. The molecule has 3 heterocycles. The molecule has 0 unspecified atom stereocenters. The molecule has 0 aliphatic rings. The molecule has 3 aromatic heterocycles. The lowest BCUT2D eigenvalue weighted by Crippen LogP contribution is -2.17. The normalized spacial score (nSPS) is 10.5. The minimum atomic E-state index is -0.125. The van der Waals surface area contributed by atoms with E-state index in [1.807, 2.05) is 12.3 Å². The molecule has 0 radical (unpaired) electrons. The Morgan fingerprint density at radius 3 is 2.95 bits per heavy atom. The summed E-state index contributed by atoms with van der Waals surface area (Å²) in [5, 5.41) is 2.95. The Balaban J connectivity index is 1.90. The SMILES string of the molecule is Cc1nc(COc2ncccc2-n2ccccc2=O)cs1. The van der Waals surface area contributed by atoms with Crippen LogP contribution in [-0.2, 0) is 6.61 Å². The Morgan fingerprint density at radius 2 is 2.19 bits per heavy atom. The third-order valence-corrected chi connectivity index (χ3v) is 3.68. The first-order chi connectivity index (χ1) is 10.2. The molecule has 0 saturated heterocycles. The lowest BCUT2D eigenvalue weighted by atomic mass is 10.3. The molecular formula is C15H13N3O2S. The van der Waals surface area contributed by atoms with E-state index < -0.39 is 0 Å². The highest BCUT2D eigenvalue weighted by Crippen LogP contribution is 2.19. The van der Waals surface area contributed by atoms with Crippen molar-refractivity contribution in [1.82, 2.24) is 14.5 Å². The van der Waals surface area contributed by atoms with Gasteiger partial charge in [0, 0.05) is 23.8 Å². The Morgan fingerprint density at radius 1 is 1.29 bits per heavy atom. The highest BCUT2D eigenvalue weighted by Gasteiger charge is 2.09. The van der Waals surface area contributed by atoms with Gasteiger partial charge in [-0.3, -0.25) is 9.36 Å². The third-order valence-electron chi connectivity index (χ3n) is 2.86. The molecule has 0 aromatic carbocycles. The van der Waals surface area contributed by atoms with Gasteiger partial charge in [-0.2, -0.15) is 0 Å². The summed E-state index contributed by atoms with van der Waals surface area (Å²) in [6, 6.07) is 8.57. The van der Waals surface area contributed by atoms with Gasteiger partial charge >= 0.3 is 0 Å². The van der Waals surface area contributed by atoms with Crippen molar-refractivity contribution >= 4 is 11.3 Å². The molecule has 0 bridgehead atoms. The largest absolute Gasteiger partial charge is 0.470 e. The minimum absolute atomic E-state index is 0.125. The van der Waals surface area contributed by atoms with Crippen molar-refractivity contribution in [2.24, 2.45) is 0 Å². The summed E-state index contributed by atoms with van der Waals surface area (Å²) >= 11 is 1.58. The van der Waals surface area contributed by atoms with Gasteiger partial charge in [0.05, 0.1) is 10.7 Å². The zero-order chi connectivity index (χ0) is 14.7. The maximum Gasteiger partial charge on any atom is 0.255 e. The number of thiazole rings is 1. The van der Waals surface area contributed by atoms with Crippen LogP contribution in [0.15, 0.2) is 52.9 Å². The van der Waals surface area contributed by atoms with Gasteiger partial charge in [-0.1, -0.05) is 6.07 Å². The number of aromatic nitrogens is 3. The average molecular weight is 299 g/mol. The standard InChI is InChI=1S/C15H13N3O2S/c1-11-17-12(10-21-11)9-20-15-13(5-4-7-16-15)18-8-3-2-6-14(18)19/h2-8,10H,9H2,1H3. The number of pyridine rings is 2. The van der Waals surface area contributed by atoms with Crippen LogP contribution in [0.4, 0.5) is 0 Å². The first-order valence-corrected chi connectivity index (χ1v) is 7.29. The first-order valence-electron chi connectivity index (χ1n) is 6.41. The molecule has 0 amide bonds. The van der Waals surface area contributed by atoms with Crippen molar-refractivity contribution in [3.05, 3.63) is 69.2 Å². The van der Waals surface area contributed by atoms with E-state index in [9.17, 15) is 4.79 Å². The summed E-state index contributed by atoms with van der Waals surface area (Å²) < 4.78 is 7.23. The molecule has 3 rings (SSSR count). The van der Waals surface area contributed by atoms with Gasteiger partial charge in [-0.15, -0.1) is 11.3 Å². The topological polar surface area (TPSA) is 57.0 Å². The van der Waals surface area contributed by atoms with E-state index in [1.54, 1.807) is 48.0 Å². The second kappa shape index (κ2) is 5.88. The zero-order valence-corrected chi connectivity index (χ0v) is 12.2. The molecule has 0 fully saturated rings. The summed E-state index contributed by atoms with van der Waals surface area (Å²) in [5.74, 6) is 0.413. The molecule has 106 valence electrons. The number of hydrogen-bond donors (Lipinski definition) is 0. The molecule has 5 nitrogen and oxygen atoms in total. The second-order valence-corrected chi connectivity index (χ2v) is 5.45. The van der Waals surface area contributed by atoms with Gasteiger partial charge in [-0.05, 0) is 25.1 Å². The fourth-order valence-corrected chi connectivity index (χ4v) is 2.52. The summed E-state index contributed by atoms with van der Waals surface area (Å²) in [5.41, 5.74) is 1.35. The van der Waals surface area contributed by atoms with E-state index in [4.69, 9.17) is 4.74 Å². The molecule has 0 saturated carbocycles. The van der Waals surface area contributed by atoms with Crippen LogP contribution in [-0.4, -0.2) is 14.5 Å². The Hall–Kier alpha value is -2.47. The van der Waals surface area contributed by atoms with Gasteiger partial charge in [0.25, 0.3) is 5.56 Å². The Bertz CT molecular complexity index is 810. The highest BCUT2D eigenvalue weighted by molar-refractivity contribution is 7.09. The average Bonchev–Trinajstić information content (AvgIpc) is 2.92. The fraction of sp³-hybridized carbons (Fsp3) is 0.133. The van der Waals surface area contributed by atoms with Crippen LogP contribution < -0.4 is 10.3 Å². The van der Waals surface area contributed by atoms with Crippen LogP contribution in [0.5, 0.6) is 5.88 Å². The quantitative estimate of drug-likeness (QED) is 0.743. The van der Waals surface area contributed by atoms with Gasteiger partial charge in [0.1, 0.15) is 12.3 Å². The molecule has 3 aromatic rings. The van der Waals surface area contributed by atoms with E-state index in [1.165, 1.54) is 10.6 Å². The number of nitrogens with zero attached hydrogens (tertiary/aromatic N) is 3. The fourth-order valence-electron chi connectivity index (χ4n) is 1.92. The maximum absolute atomic E-state index is 11.9. The van der Waals surface area contributed by atoms with Crippen LogP contribution in [0.2, 0.25) is 0 Å². The Kier molecular flexibility index (Phi) is 3.79. The predicted octanol–water partition coefficient (Wildman–Crippen LogP) is 2.58. The first kappa shape index (κ1) is 13.5. The molecule has 21 heavy (non-hydrogen) atoms. The van der Waals surface area contributed by atoms with Crippen LogP contribution in [0.1, 0.15) is 10.7 Å². The van der Waals surface area contributed by atoms with Gasteiger partial charge in [0.2, 0.25) is 5.88 Å². The van der Waals surface area contributed by atoms with Crippen molar-refractivity contribution in [1.29, 1.82) is 0 Å². The lowest BCUT2D eigenvalue weighted by molar-refractivity contribution is 0.289. The van der Waals surface area contributed by atoms with E-state index >= 15 is 0 Å². The van der Waals surface area contributed by atoms with Crippen molar-refractivity contribution in [2.75, 3.05) is 0 Å². The van der Waals surface area contributed by atoms with Crippen LogP contribution in [0.3, 0.4) is 0 Å². The van der Waals surface area contributed by atoms with E-state index in [-0.39, 0.29) is 5.56 Å². The van der Waals surface area contributed by atoms with Crippen LogP contribution in [0.25, 0.3) is 5.69 Å². The smallest absolute Gasteiger partial charge is 0.255 e. The highest BCUT2D eigenvalue weighted by atomic mass is 32.1. The van der Waals surface area contributed by atoms with Crippen molar-refractivity contribution in [2.45, 2.75) is 13.5 Å². The van der Waals surface area contributed by atoms with Gasteiger partial charge in [-0.25, -0.2) is 9.97 Å². The predicted molar refractivity (Wildman–Crippen MR) is 81.0 cm³/mol. The second-order valence-electron chi connectivity index (χ2n) is 4.38. The maximum atomic E-state index is 11.9. The van der Waals surface area contributed by atoms with Crippen molar-refractivity contribution in [3.8, 4) is 11.6 Å². The third kappa shape index (κ3) is 3.00. The summed E-state index contributed by atoms with van der Waals surface area (Å²) in [4.78, 5) is 20.5. The van der Waals surface area contributed by atoms with E-state index in [0.29, 0.717) is 18.2 Å². The van der Waals surface area contributed by atoms with Gasteiger partial charge < -0.3 is 4.74 Å². The zero-order valence-electron chi connectivity index (χ0n) is 11.4. The van der Waals surface area contributed by atoms with Crippen molar-refractivity contribution < 1.29 is 4.74 Å². The molecular weight excluding hydrogens is 286 g/mol. The van der Waals surface area contributed by atoms with Crippen molar-refractivity contribution in [3.63, 3.8) is 0 Å². The molecule has 0 aliphatic heterocycles. The minimum Gasteiger partial charge on any atom is -0.470 e. The molecule has 0 aliphatic carbocycles. The van der Waals surface area contributed by atoms with E-state index in [0.717, 1.165) is 10.7 Å². The molecule has 6 heteroatoms. The summed E-state index contributed by atoms with van der Waals surface area (Å²) in [6.45, 7) is 2.28. The molecule has 0 spiro atoms. The summed E-state index contributed by atoms with van der Waals surface area (Å²) in [7, 11) is 0. The Labute approximate surface area is 125 Å². The number of aryl methyl sites for hydroxylation is 1. The number of hydrogen-bond acceptors (Lipinski definition) is 5. The molecule has 0 N–H and O–H groups in total. The van der Waals surface area contributed by atoms with Gasteiger partial charge in [0.15, 0.2) is 0 Å². The summed E-state index contributed by atoms with van der Waals surface area (Å²) in [6.07, 6.45) is 3.33. The number of rotatable bonds is 4. The van der Waals surface area contributed by atoms with Crippen LogP contribution >= 0.6 is 11.3 Å². The number of ether oxygens (including phenoxy) is 1. The monoisotopic (exact) mass is 299 g/mol. The molecule has 0 atom stereocenters. The van der Waals surface area contributed by atoms with Crippen LogP contribution in [0, 0.1) is 6.92 Å².